The first-order chi connectivity index (χ1) is 12.5. The molecule has 3 heterocycles. The summed E-state index contributed by atoms with van der Waals surface area (Å²) in [6.45, 7) is 3.58. The minimum absolute atomic E-state index is 0.159. The van der Waals surface area contributed by atoms with Crippen LogP contribution in [-0.4, -0.2) is 67.6 Å². The van der Waals surface area contributed by atoms with E-state index < -0.39 is 39.4 Å². The molecule has 12 heteroatoms. The largest absolute Gasteiger partial charge is 0.394 e. The molecule has 3 rings (SSSR count). The average Bonchev–Trinajstić information content (AvgIpc) is 3.15. The molecule has 144 valence electrons. The smallest absolute Gasteiger partial charge is 0.317 e. The molecule has 2 aromatic rings. The van der Waals surface area contributed by atoms with Crippen molar-refractivity contribution in [2.24, 2.45) is 0 Å². The summed E-state index contributed by atoms with van der Waals surface area (Å²) in [5, 5.41) is 12.7. The molecule has 0 saturated carbocycles. The number of aromatic nitrogens is 4. The Balaban J connectivity index is 1.98. The van der Waals surface area contributed by atoms with Crippen LogP contribution < -0.4 is 5.32 Å². The number of aliphatic hydroxyl groups excluding tert-OH is 1. The van der Waals surface area contributed by atoms with E-state index in [1.165, 1.54) is 19.8 Å². The van der Waals surface area contributed by atoms with E-state index in [9.17, 15) is 9.67 Å². The number of hydrogen-bond donors (Lipinski definition) is 3. The van der Waals surface area contributed by atoms with Crippen molar-refractivity contribution in [1.82, 2.24) is 19.5 Å². The number of imidazole rings is 1. The zero-order valence-electron chi connectivity index (χ0n) is 14.6. The Morgan fingerprint density at radius 2 is 2.15 bits per heavy atom. The van der Waals surface area contributed by atoms with Crippen molar-refractivity contribution in [3.63, 3.8) is 0 Å². The van der Waals surface area contributed by atoms with E-state index in [0.717, 1.165) is 0 Å². The molecule has 2 aromatic heterocycles. The lowest BCUT2D eigenvalue weighted by Gasteiger charge is -2.22. The van der Waals surface area contributed by atoms with Gasteiger partial charge in [0.25, 0.3) is 0 Å². The number of ether oxygens (including phenoxy) is 2. The van der Waals surface area contributed by atoms with Crippen molar-refractivity contribution in [2.45, 2.75) is 44.4 Å². The van der Waals surface area contributed by atoms with Gasteiger partial charge in [-0.2, -0.15) is 0 Å². The Morgan fingerprint density at radius 3 is 2.77 bits per heavy atom. The molecule has 11 nitrogen and oxygen atoms in total. The predicted octanol–water partition coefficient (Wildman–Crippen LogP) is 0.318. The Hall–Kier alpha value is -1.62. The molecule has 1 aliphatic heterocycles. The zero-order valence-corrected chi connectivity index (χ0v) is 15.6. The van der Waals surface area contributed by atoms with Crippen LogP contribution in [0.5, 0.6) is 0 Å². The van der Waals surface area contributed by atoms with Gasteiger partial charge in [-0.3, -0.25) is 9.13 Å². The molecular formula is C14H22N5O6P. The Morgan fingerprint density at radius 1 is 1.38 bits per heavy atom. The van der Waals surface area contributed by atoms with Crippen molar-refractivity contribution in [2.75, 3.05) is 19.0 Å². The number of methoxy groups -OCH3 is 1. The van der Waals surface area contributed by atoms with Crippen LogP contribution in [0.4, 0.5) is 5.82 Å². The summed E-state index contributed by atoms with van der Waals surface area (Å²) in [5.41, 5.74) is 1.06. The second-order valence-corrected chi connectivity index (χ2v) is 6.91. The van der Waals surface area contributed by atoms with Crippen LogP contribution in [0.3, 0.4) is 0 Å². The molecule has 1 saturated heterocycles. The van der Waals surface area contributed by atoms with E-state index in [1.807, 2.05) is 13.8 Å². The molecule has 5 atom stereocenters. The highest BCUT2D eigenvalue weighted by atomic mass is 31.1. The number of rotatable bonds is 7. The first-order valence-corrected chi connectivity index (χ1v) is 9.35. The SMILES string of the molecule is COC1C(O[PH](=O)O)[C@@H](CO)O[C@H]1n1cnc2c(NC(C)C)ncnc21. The summed E-state index contributed by atoms with van der Waals surface area (Å²) >= 11 is 0. The summed E-state index contributed by atoms with van der Waals surface area (Å²) in [6.07, 6.45) is -0.262. The normalized spacial score (nSPS) is 27.3. The Bertz CT molecular complexity index is 786. The number of nitrogens with one attached hydrogen (secondary N) is 1. The fraction of sp³-hybridized carbons (Fsp3) is 0.643. The van der Waals surface area contributed by atoms with Crippen molar-refractivity contribution < 1.29 is 28.6 Å². The van der Waals surface area contributed by atoms with Gasteiger partial charge in [-0.25, -0.2) is 15.0 Å². The topological polar surface area (TPSA) is 141 Å². The molecule has 0 radical (unpaired) electrons. The monoisotopic (exact) mass is 387 g/mol. The van der Waals surface area contributed by atoms with Crippen LogP contribution in [0.15, 0.2) is 12.7 Å². The molecule has 0 aliphatic carbocycles. The van der Waals surface area contributed by atoms with Gasteiger partial charge >= 0.3 is 8.25 Å². The van der Waals surface area contributed by atoms with Crippen LogP contribution in [0.25, 0.3) is 11.2 Å². The molecule has 0 aromatic carbocycles. The van der Waals surface area contributed by atoms with E-state index in [0.29, 0.717) is 17.0 Å². The quantitative estimate of drug-likeness (QED) is 0.569. The van der Waals surface area contributed by atoms with E-state index in [1.54, 1.807) is 4.57 Å². The minimum Gasteiger partial charge on any atom is -0.394 e. The van der Waals surface area contributed by atoms with Crippen LogP contribution in [0.1, 0.15) is 20.1 Å². The van der Waals surface area contributed by atoms with E-state index in [2.05, 4.69) is 20.3 Å². The standard InChI is InChI=1S/C14H22N5O6P/c1-7(2)18-12-9-13(16-5-15-12)19(6-17-9)14-11(23-3)10(25-26(21)22)8(4-20)24-14/h5-8,10-11,14,20,26H,4H2,1-3H3,(H,21,22)(H,15,16,18)/t8-,10?,11?,14-/m1/s1. The molecule has 1 aliphatic rings. The van der Waals surface area contributed by atoms with Gasteiger partial charge < -0.3 is 29.3 Å². The van der Waals surface area contributed by atoms with Gasteiger partial charge in [-0.05, 0) is 13.8 Å². The lowest BCUT2D eigenvalue weighted by Crippen LogP contribution is -2.35. The molecule has 1 fully saturated rings. The summed E-state index contributed by atoms with van der Waals surface area (Å²) in [7, 11) is -1.80. The van der Waals surface area contributed by atoms with Gasteiger partial charge in [-0.15, -0.1) is 0 Å². The predicted molar refractivity (Wildman–Crippen MR) is 92.0 cm³/mol. The van der Waals surface area contributed by atoms with E-state index in [4.69, 9.17) is 18.9 Å². The number of hydrogen-bond acceptors (Lipinski definition) is 9. The van der Waals surface area contributed by atoms with E-state index in [-0.39, 0.29) is 6.04 Å². The highest BCUT2D eigenvalue weighted by molar-refractivity contribution is 7.32. The van der Waals surface area contributed by atoms with Gasteiger partial charge in [0.15, 0.2) is 23.2 Å². The summed E-state index contributed by atoms with van der Waals surface area (Å²) in [5.74, 6) is 0.586. The zero-order chi connectivity index (χ0) is 18.8. The summed E-state index contributed by atoms with van der Waals surface area (Å²) in [6, 6.07) is 0.159. The van der Waals surface area contributed by atoms with Crippen LogP contribution in [-0.2, 0) is 18.6 Å². The third-order valence-corrected chi connectivity index (χ3v) is 4.51. The number of aliphatic hydroxyl groups is 1. The number of fused-ring (bicyclic) bond motifs is 1. The van der Waals surface area contributed by atoms with Crippen molar-refractivity contribution >= 4 is 25.2 Å². The van der Waals surface area contributed by atoms with Gasteiger partial charge in [0.1, 0.15) is 24.6 Å². The Labute approximate surface area is 150 Å². The first-order valence-electron chi connectivity index (χ1n) is 8.09. The van der Waals surface area contributed by atoms with E-state index >= 15 is 0 Å². The molecule has 0 spiro atoms. The minimum atomic E-state index is -3.24. The lowest BCUT2D eigenvalue weighted by atomic mass is 10.1. The second kappa shape index (κ2) is 7.95. The van der Waals surface area contributed by atoms with Crippen LogP contribution in [0, 0.1) is 0 Å². The molecule has 26 heavy (non-hydrogen) atoms. The first kappa shape index (κ1) is 19.2. The molecule has 3 N–H and O–H groups in total. The highest BCUT2D eigenvalue weighted by Gasteiger charge is 2.47. The maximum Gasteiger partial charge on any atom is 0.317 e. The van der Waals surface area contributed by atoms with Gasteiger partial charge in [-0.1, -0.05) is 0 Å². The maximum atomic E-state index is 11.2. The summed E-state index contributed by atoms with van der Waals surface area (Å²) < 4.78 is 29.1. The van der Waals surface area contributed by atoms with Crippen molar-refractivity contribution in [3.8, 4) is 0 Å². The number of anilines is 1. The third-order valence-electron chi connectivity index (χ3n) is 4.03. The number of nitrogens with zero attached hydrogens (tertiary/aromatic N) is 4. The van der Waals surface area contributed by atoms with Gasteiger partial charge in [0, 0.05) is 13.2 Å². The molecule has 0 amide bonds. The third kappa shape index (κ3) is 3.59. The molecule has 3 unspecified atom stereocenters. The van der Waals surface area contributed by atoms with Crippen molar-refractivity contribution in [1.29, 1.82) is 0 Å². The Kier molecular flexibility index (Phi) is 5.86. The molecular weight excluding hydrogens is 365 g/mol. The second-order valence-electron chi connectivity index (χ2n) is 6.14. The van der Waals surface area contributed by atoms with Crippen LogP contribution in [0.2, 0.25) is 0 Å². The summed E-state index contributed by atoms with van der Waals surface area (Å²) in [4.78, 5) is 22.0. The van der Waals surface area contributed by atoms with Gasteiger partial charge in [0.05, 0.1) is 12.9 Å². The highest BCUT2D eigenvalue weighted by Crippen LogP contribution is 2.38. The lowest BCUT2D eigenvalue weighted by molar-refractivity contribution is -0.0583. The molecule has 0 bridgehead atoms. The maximum absolute atomic E-state index is 11.2. The fourth-order valence-corrected chi connectivity index (χ4v) is 3.52. The van der Waals surface area contributed by atoms with Gasteiger partial charge in [0.2, 0.25) is 0 Å². The fourth-order valence-electron chi connectivity index (χ4n) is 3.01. The average molecular weight is 387 g/mol. The van der Waals surface area contributed by atoms with Crippen LogP contribution >= 0.6 is 8.25 Å². The van der Waals surface area contributed by atoms with Crippen molar-refractivity contribution in [3.05, 3.63) is 12.7 Å².